The van der Waals surface area contributed by atoms with E-state index in [9.17, 15) is 19.5 Å². The molecular weight excluding hydrogens is 328 g/mol. The van der Waals surface area contributed by atoms with Gasteiger partial charge in [-0.3, -0.25) is 14.4 Å². The zero-order valence-electron chi connectivity index (χ0n) is 14.8. The molecule has 0 bridgehead atoms. The SMILES string of the molecule is CCCCC[C@@H](C=C[C@@H]1[C@@H](CC(=O)O)[C@@H](O)C[C@H]1OC=O)OC(C)=O. The zero-order chi connectivity index (χ0) is 18.8. The van der Waals surface area contributed by atoms with E-state index in [1.807, 2.05) is 0 Å². The van der Waals surface area contributed by atoms with Crippen LogP contribution in [-0.2, 0) is 23.9 Å². The van der Waals surface area contributed by atoms with E-state index in [0.29, 0.717) is 12.9 Å². The maximum absolute atomic E-state index is 11.3. The van der Waals surface area contributed by atoms with Gasteiger partial charge < -0.3 is 19.7 Å². The highest BCUT2D eigenvalue weighted by Crippen LogP contribution is 2.37. The Morgan fingerprint density at radius 3 is 2.60 bits per heavy atom. The Kier molecular flexibility index (Phi) is 9.20. The van der Waals surface area contributed by atoms with E-state index in [0.717, 1.165) is 19.3 Å². The molecule has 0 aromatic carbocycles. The molecule has 0 saturated heterocycles. The minimum absolute atomic E-state index is 0.194. The van der Waals surface area contributed by atoms with Crippen LogP contribution in [0.15, 0.2) is 12.2 Å². The van der Waals surface area contributed by atoms with Gasteiger partial charge in [0.05, 0.1) is 12.5 Å². The summed E-state index contributed by atoms with van der Waals surface area (Å²) >= 11 is 0. The molecule has 1 saturated carbocycles. The number of carbonyl (C=O) groups is 3. The van der Waals surface area contributed by atoms with Crippen molar-refractivity contribution in [1.29, 1.82) is 0 Å². The molecule has 0 amide bonds. The van der Waals surface area contributed by atoms with Crippen LogP contribution in [0.4, 0.5) is 0 Å². The molecule has 142 valence electrons. The molecule has 25 heavy (non-hydrogen) atoms. The Labute approximate surface area is 148 Å². The van der Waals surface area contributed by atoms with Gasteiger partial charge in [0.1, 0.15) is 12.2 Å². The summed E-state index contributed by atoms with van der Waals surface area (Å²) in [5, 5.41) is 19.2. The van der Waals surface area contributed by atoms with E-state index >= 15 is 0 Å². The van der Waals surface area contributed by atoms with Crippen molar-refractivity contribution in [3.63, 3.8) is 0 Å². The van der Waals surface area contributed by atoms with Gasteiger partial charge in [0, 0.05) is 25.2 Å². The summed E-state index contributed by atoms with van der Waals surface area (Å²) in [5.41, 5.74) is 0. The molecule has 1 rings (SSSR count). The number of rotatable bonds is 11. The lowest BCUT2D eigenvalue weighted by atomic mass is 9.89. The molecule has 0 radical (unpaired) electrons. The molecular formula is C18H28O7. The Balaban J connectivity index is 2.87. The van der Waals surface area contributed by atoms with Crippen LogP contribution in [0.5, 0.6) is 0 Å². The van der Waals surface area contributed by atoms with Gasteiger partial charge in [-0.2, -0.15) is 0 Å². The molecule has 1 aliphatic rings. The first-order valence-electron chi connectivity index (χ1n) is 8.73. The molecule has 0 unspecified atom stereocenters. The number of carboxylic acid groups (broad SMARTS) is 1. The number of aliphatic hydroxyl groups excluding tert-OH is 1. The van der Waals surface area contributed by atoms with E-state index in [1.165, 1.54) is 6.92 Å². The highest BCUT2D eigenvalue weighted by molar-refractivity contribution is 5.67. The van der Waals surface area contributed by atoms with E-state index in [2.05, 4.69) is 6.92 Å². The molecule has 5 atom stereocenters. The molecule has 0 heterocycles. The minimum atomic E-state index is -1.02. The zero-order valence-corrected chi connectivity index (χ0v) is 14.8. The second-order valence-corrected chi connectivity index (χ2v) is 6.44. The minimum Gasteiger partial charge on any atom is -0.481 e. The average molecular weight is 356 g/mol. The lowest BCUT2D eigenvalue weighted by Gasteiger charge is -2.21. The van der Waals surface area contributed by atoms with Crippen molar-refractivity contribution in [3.05, 3.63) is 12.2 Å². The van der Waals surface area contributed by atoms with E-state index in [1.54, 1.807) is 12.2 Å². The number of esters is 1. The fourth-order valence-electron chi connectivity index (χ4n) is 3.32. The van der Waals surface area contributed by atoms with E-state index < -0.39 is 36.1 Å². The molecule has 0 spiro atoms. The van der Waals surface area contributed by atoms with Crippen molar-refractivity contribution in [3.8, 4) is 0 Å². The molecule has 0 aliphatic heterocycles. The predicted molar refractivity (Wildman–Crippen MR) is 89.6 cm³/mol. The number of unbranched alkanes of at least 4 members (excludes halogenated alkanes) is 2. The molecule has 7 nitrogen and oxygen atoms in total. The van der Waals surface area contributed by atoms with Gasteiger partial charge in [-0.15, -0.1) is 0 Å². The predicted octanol–water partition coefficient (Wildman–Crippen LogP) is 2.07. The maximum atomic E-state index is 11.3. The van der Waals surface area contributed by atoms with Crippen molar-refractivity contribution >= 4 is 18.4 Å². The second kappa shape index (κ2) is 10.9. The molecule has 1 fully saturated rings. The summed E-state index contributed by atoms with van der Waals surface area (Å²) in [6.07, 6.45) is 5.19. The summed E-state index contributed by atoms with van der Waals surface area (Å²) in [5.74, 6) is -2.39. The fourth-order valence-corrected chi connectivity index (χ4v) is 3.32. The number of carbonyl (C=O) groups excluding carboxylic acids is 2. The van der Waals surface area contributed by atoms with Crippen molar-refractivity contribution < 1.29 is 34.1 Å². The number of ether oxygens (including phenoxy) is 2. The highest BCUT2D eigenvalue weighted by atomic mass is 16.5. The fraction of sp³-hybridized carbons (Fsp3) is 0.722. The standard InChI is InChI=1S/C18H28O7/c1-3-4-5-6-13(25-12(2)20)7-8-14-15(9-18(22)23)16(21)10-17(14)24-11-19/h7-8,11,13-17,21H,3-6,9-10H2,1-2H3,(H,22,23)/t13-,14+,15+,16-,17+/m0/s1. The molecule has 1 aliphatic carbocycles. The van der Waals surface area contributed by atoms with Crippen LogP contribution < -0.4 is 0 Å². The lowest BCUT2D eigenvalue weighted by Crippen LogP contribution is -2.25. The van der Waals surface area contributed by atoms with Gasteiger partial charge in [-0.05, 0) is 18.9 Å². The van der Waals surface area contributed by atoms with E-state index in [4.69, 9.17) is 14.6 Å². The molecule has 0 aromatic rings. The normalized spacial score (nSPS) is 27.2. The third-order valence-corrected chi connectivity index (χ3v) is 4.49. The van der Waals surface area contributed by atoms with Crippen LogP contribution in [-0.4, -0.2) is 46.9 Å². The van der Waals surface area contributed by atoms with Crippen LogP contribution >= 0.6 is 0 Å². The Morgan fingerprint density at radius 2 is 2.04 bits per heavy atom. The van der Waals surface area contributed by atoms with Gasteiger partial charge in [-0.25, -0.2) is 0 Å². The lowest BCUT2D eigenvalue weighted by molar-refractivity contribution is -0.144. The number of aliphatic carboxylic acids is 1. The van der Waals surface area contributed by atoms with Crippen LogP contribution in [0.1, 0.15) is 52.4 Å². The van der Waals surface area contributed by atoms with Crippen LogP contribution in [0.2, 0.25) is 0 Å². The number of hydrogen-bond donors (Lipinski definition) is 2. The summed E-state index contributed by atoms with van der Waals surface area (Å²) in [6, 6.07) is 0. The Morgan fingerprint density at radius 1 is 1.32 bits per heavy atom. The van der Waals surface area contributed by atoms with Crippen molar-refractivity contribution in [1.82, 2.24) is 0 Å². The van der Waals surface area contributed by atoms with Crippen molar-refractivity contribution in [2.45, 2.75) is 70.7 Å². The molecule has 2 N–H and O–H groups in total. The van der Waals surface area contributed by atoms with Gasteiger partial charge in [0.2, 0.25) is 0 Å². The monoisotopic (exact) mass is 356 g/mol. The summed E-state index contributed by atoms with van der Waals surface area (Å²) in [4.78, 5) is 33.0. The maximum Gasteiger partial charge on any atom is 0.303 e. The Hall–Kier alpha value is -1.89. The average Bonchev–Trinajstić information content (AvgIpc) is 2.80. The van der Waals surface area contributed by atoms with Crippen molar-refractivity contribution in [2.24, 2.45) is 11.8 Å². The second-order valence-electron chi connectivity index (χ2n) is 6.44. The van der Waals surface area contributed by atoms with Crippen molar-refractivity contribution in [2.75, 3.05) is 0 Å². The molecule has 7 heteroatoms. The first-order chi connectivity index (χ1) is 11.9. The number of hydrogen-bond acceptors (Lipinski definition) is 6. The van der Waals surface area contributed by atoms with Crippen LogP contribution in [0, 0.1) is 11.8 Å². The third kappa shape index (κ3) is 7.25. The topological polar surface area (TPSA) is 110 Å². The van der Waals surface area contributed by atoms with E-state index in [-0.39, 0.29) is 18.8 Å². The van der Waals surface area contributed by atoms with Crippen LogP contribution in [0.3, 0.4) is 0 Å². The smallest absolute Gasteiger partial charge is 0.303 e. The van der Waals surface area contributed by atoms with Gasteiger partial charge in [-0.1, -0.05) is 25.8 Å². The largest absolute Gasteiger partial charge is 0.481 e. The Bertz CT molecular complexity index is 474. The first kappa shape index (κ1) is 21.2. The highest BCUT2D eigenvalue weighted by Gasteiger charge is 2.43. The summed E-state index contributed by atoms with van der Waals surface area (Å²) in [7, 11) is 0. The van der Waals surface area contributed by atoms with Gasteiger partial charge in [0.25, 0.3) is 6.47 Å². The number of aliphatic hydroxyl groups is 1. The van der Waals surface area contributed by atoms with Gasteiger partial charge in [0.15, 0.2) is 0 Å². The number of carboxylic acids is 1. The summed E-state index contributed by atoms with van der Waals surface area (Å²) in [6.45, 7) is 3.73. The quantitative estimate of drug-likeness (QED) is 0.252. The first-order valence-corrected chi connectivity index (χ1v) is 8.73. The molecule has 0 aromatic heterocycles. The van der Waals surface area contributed by atoms with Gasteiger partial charge >= 0.3 is 11.9 Å². The summed E-state index contributed by atoms with van der Waals surface area (Å²) < 4.78 is 10.3. The third-order valence-electron chi connectivity index (χ3n) is 4.49. The van der Waals surface area contributed by atoms with Crippen LogP contribution in [0.25, 0.3) is 0 Å².